The molecule has 0 amide bonds. The maximum absolute atomic E-state index is 4.45. The van der Waals surface area contributed by atoms with Gasteiger partial charge in [-0.15, -0.1) is 5.10 Å². The average molecular weight is 294 g/mol. The van der Waals surface area contributed by atoms with Crippen LogP contribution in [-0.2, 0) is 0 Å². The van der Waals surface area contributed by atoms with Crippen LogP contribution in [0.2, 0.25) is 0 Å². The molecule has 6 heteroatoms. The van der Waals surface area contributed by atoms with Crippen LogP contribution in [0.4, 0.5) is 0 Å². The lowest BCUT2D eigenvalue weighted by atomic mass is 10.00. The number of hydrogen-bond acceptors (Lipinski definition) is 3. The average Bonchev–Trinajstić information content (AvgIpc) is 3.11. The number of nitrogens with zero attached hydrogens (tertiary/aromatic N) is 4. The standard InChI is InChI=1S/C15H28N6/c1-12(2)14(20-10-8-19(3)9-11-20)15-16-17-18-21(15)13-6-4-5-7-13/h12-14H,4-11H2,1-3H3/p+2/t14-/m0/s1. The molecule has 1 aliphatic carbocycles. The second kappa shape index (κ2) is 6.40. The first kappa shape index (κ1) is 14.9. The third kappa shape index (κ3) is 3.11. The quantitative estimate of drug-likeness (QED) is 0.741. The summed E-state index contributed by atoms with van der Waals surface area (Å²) in [5.41, 5.74) is 0. The molecular weight excluding hydrogens is 264 g/mol. The predicted molar refractivity (Wildman–Crippen MR) is 80.2 cm³/mol. The molecule has 21 heavy (non-hydrogen) atoms. The van der Waals surface area contributed by atoms with Crippen LogP contribution in [0.25, 0.3) is 0 Å². The van der Waals surface area contributed by atoms with Crippen molar-refractivity contribution in [2.24, 2.45) is 5.92 Å². The highest BCUT2D eigenvalue weighted by Crippen LogP contribution is 2.30. The zero-order valence-corrected chi connectivity index (χ0v) is 13.7. The lowest BCUT2D eigenvalue weighted by molar-refractivity contribution is -1.02. The van der Waals surface area contributed by atoms with Crippen molar-refractivity contribution in [2.75, 3.05) is 33.2 Å². The highest BCUT2D eigenvalue weighted by atomic mass is 15.6. The van der Waals surface area contributed by atoms with E-state index >= 15 is 0 Å². The Balaban J connectivity index is 1.82. The van der Waals surface area contributed by atoms with Gasteiger partial charge in [-0.1, -0.05) is 26.7 Å². The van der Waals surface area contributed by atoms with Gasteiger partial charge in [-0.25, -0.2) is 4.68 Å². The van der Waals surface area contributed by atoms with E-state index in [2.05, 4.69) is 41.1 Å². The van der Waals surface area contributed by atoms with E-state index in [1.165, 1.54) is 51.9 Å². The highest BCUT2D eigenvalue weighted by molar-refractivity contribution is 4.93. The Morgan fingerprint density at radius 3 is 2.38 bits per heavy atom. The van der Waals surface area contributed by atoms with Crippen LogP contribution in [0.5, 0.6) is 0 Å². The summed E-state index contributed by atoms with van der Waals surface area (Å²) in [6.07, 6.45) is 5.12. The Hall–Kier alpha value is -1.01. The minimum atomic E-state index is 0.439. The van der Waals surface area contributed by atoms with Gasteiger partial charge < -0.3 is 9.80 Å². The van der Waals surface area contributed by atoms with E-state index in [0.717, 1.165) is 5.82 Å². The maximum Gasteiger partial charge on any atom is 0.209 e. The number of tetrazole rings is 1. The molecule has 2 N–H and O–H groups in total. The van der Waals surface area contributed by atoms with Gasteiger partial charge in [-0.3, -0.25) is 0 Å². The molecule has 0 bridgehead atoms. The number of quaternary nitrogens is 2. The van der Waals surface area contributed by atoms with Crippen LogP contribution in [0.15, 0.2) is 0 Å². The maximum atomic E-state index is 4.45. The molecule has 1 saturated carbocycles. The largest absolute Gasteiger partial charge is 0.328 e. The molecule has 2 aliphatic rings. The predicted octanol–water partition coefficient (Wildman–Crippen LogP) is -1.10. The number of piperazine rings is 1. The summed E-state index contributed by atoms with van der Waals surface area (Å²) >= 11 is 0. The molecule has 2 heterocycles. The molecule has 118 valence electrons. The summed E-state index contributed by atoms with van der Waals surface area (Å²) in [7, 11) is 2.30. The number of hydrogen-bond donors (Lipinski definition) is 2. The minimum absolute atomic E-state index is 0.439. The van der Waals surface area contributed by atoms with Crippen LogP contribution in [0.1, 0.15) is 57.4 Å². The van der Waals surface area contributed by atoms with Crippen molar-refractivity contribution >= 4 is 0 Å². The first-order valence-corrected chi connectivity index (χ1v) is 8.60. The van der Waals surface area contributed by atoms with Crippen molar-refractivity contribution in [3.05, 3.63) is 5.82 Å². The van der Waals surface area contributed by atoms with Gasteiger partial charge in [0.05, 0.1) is 13.1 Å². The molecule has 1 aromatic rings. The lowest BCUT2D eigenvalue weighted by Crippen LogP contribution is -3.27. The van der Waals surface area contributed by atoms with Crippen molar-refractivity contribution in [3.63, 3.8) is 0 Å². The molecule has 3 rings (SSSR count). The van der Waals surface area contributed by atoms with E-state index in [9.17, 15) is 0 Å². The van der Waals surface area contributed by atoms with Crippen molar-refractivity contribution < 1.29 is 9.80 Å². The molecular formula is C15H30N6+2. The molecule has 0 aromatic carbocycles. The Labute approximate surface area is 127 Å². The van der Waals surface area contributed by atoms with E-state index in [1.54, 1.807) is 9.80 Å². The molecule has 1 aromatic heterocycles. The number of likely N-dealkylation sites (N-methyl/N-ethyl adjacent to an activating group) is 1. The van der Waals surface area contributed by atoms with Crippen LogP contribution in [0, 0.1) is 5.92 Å². The summed E-state index contributed by atoms with van der Waals surface area (Å²) < 4.78 is 2.16. The van der Waals surface area contributed by atoms with Crippen molar-refractivity contribution in [1.82, 2.24) is 20.2 Å². The zero-order chi connectivity index (χ0) is 14.8. The molecule has 6 nitrogen and oxygen atoms in total. The Morgan fingerprint density at radius 1 is 1.10 bits per heavy atom. The second-order valence-electron chi connectivity index (χ2n) is 7.26. The fourth-order valence-corrected chi connectivity index (χ4v) is 4.08. The Morgan fingerprint density at radius 2 is 1.76 bits per heavy atom. The normalized spacial score (nSPS) is 29.1. The van der Waals surface area contributed by atoms with E-state index in [0.29, 0.717) is 18.0 Å². The van der Waals surface area contributed by atoms with Gasteiger partial charge in [0.2, 0.25) is 5.82 Å². The third-order valence-corrected chi connectivity index (χ3v) is 5.32. The highest BCUT2D eigenvalue weighted by Gasteiger charge is 2.37. The van der Waals surface area contributed by atoms with Crippen LogP contribution >= 0.6 is 0 Å². The molecule has 0 unspecified atom stereocenters. The van der Waals surface area contributed by atoms with E-state index in [4.69, 9.17) is 0 Å². The van der Waals surface area contributed by atoms with Crippen LogP contribution in [-0.4, -0.2) is 53.4 Å². The van der Waals surface area contributed by atoms with Crippen LogP contribution in [0.3, 0.4) is 0 Å². The molecule has 1 atom stereocenters. The first-order chi connectivity index (χ1) is 10.2. The molecule has 1 saturated heterocycles. The molecule has 0 spiro atoms. The summed E-state index contributed by atoms with van der Waals surface area (Å²) in [6.45, 7) is 9.60. The smallest absolute Gasteiger partial charge is 0.209 e. The summed E-state index contributed by atoms with van der Waals surface area (Å²) in [5, 5.41) is 12.8. The van der Waals surface area contributed by atoms with Crippen LogP contribution < -0.4 is 9.80 Å². The number of rotatable bonds is 4. The van der Waals surface area contributed by atoms with Gasteiger partial charge in [0.1, 0.15) is 26.2 Å². The molecule has 1 aliphatic heterocycles. The summed E-state index contributed by atoms with van der Waals surface area (Å²) in [4.78, 5) is 3.32. The summed E-state index contributed by atoms with van der Waals surface area (Å²) in [6, 6.07) is 0.974. The van der Waals surface area contributed by atoms with Gasteiger partial charge in [-0.2, -0.15) is 0 Å². The fraction of sp³-hybridized carbons (Fsp3) is 0.933. The third-order valence-electron chi connectivity index (χ3n) is 5.32. The topological polar surface area (TPSA) is 52.5 Å². The zero-order valence-electron chi connectivity index (χ0n) is 13.7. The second-order valence-corrected chi connectivity index (χ2v) is 7.26. The lowest BCUT2D eigenvalue weighted by Gasteiger charge is -2.34. The van der Waals surface area contributed by atoms with Crippen molar-refractivity contribution in [3.8, 4) is 0 Å². The molecule has 0 radical (unpaired) electrons. The van der Waals surface area contributed by atoms with Gasteiger partial charge in [0, 0.05) is 5.92 Å². The van der Waals surface area contributed by atoms with Crippen molar-refractivity contribution in [1.29, 1.82) is 0 Å². The first-order valence-electron chi connectivity index (χ1n) is 8.60. The van der Waals surface area contributed by atoms with Gasteiger partial charge in [0.25, 0.3) is 0 Å². The van der Waals surface area contributed by atoms with E-state index in [1.807, 2.05) is 0 Å². The summed E-state index contributed by atoms with van der Waals surface area (Å²) in [5.74, 6) is 1.70. The number of aromatic nitrogens is 4. The van der Waals surface area contributed by atoms with E-state index in [-0.39, 0.29) is 0 Å². The van der Waals surface area contributed by atoms with Gasteiger partial charge >= 0.3 is 0 Å². The molecule has 2 fully saturated rings. The Bertz CT molecular complexity index is 443. The Kier molecular flexibility index (Phi) is 4.54. The van der Waals surface area contributed by atoms with Crippen molar-refractivity contribution in [2.45, 2.75) is 51.6 Å². The van der Waals surface area contributed by atoms with E-state index < -0.39 is 0 Å². The monoisotopic (exact) mass is 294 g/mol. The SMILES string of the molecule is CC(C)[C@@H](c1nnnn1C1CCCC1)[NH+]1CC[NH+](C)CC1. The minimum Gasteiger partial charge on any atom is -0.328 e. The van der Waals surface area contributed by atoms with Gasteiger partial charge in [0.15, 0.2) is 6.04 Å². The van der Waals surface area contributed by atoms with Gasteiger partial charge in [-0.05, 0) is 23.3 Å². The fourth-order valence-electron chi connectivity index (χ4n) is 4.08. The number of nitrogens with one attached hydrogen (secondary N) is 2.